The molecule has 0 aliphatic carbocycles. The van der Waals surface area contributed by atoms with Gasteiger partial charge < -0.3 is 0 Å². The average molecular weight is 384 g/mol. The van der Waals surface area contributed by atoms with Crippen LogP contribution in [0, 0.1) is 38.2 Å². The molecule has 0 aromatic carbocycles. The molecule has 0 atom stereocenters. The van der Waals surface area contributed by atoms with Gasteiger partial charge in [-0.25, -0.2) is 0 Å². The Bertz CT molecular complexity index is 6.00. The van der Waals surface area contributed by atoms with Crippen molar-refractivity contribution >= 4 is 34.1 Å². The van der Waals surface area contributed by atoms with E-state index in [1.807, 2.05) is 0 Å². The van der Waals surface area contributed by atoms with Crippen LogP contribution in [0.25, 0.3) is 0 Å². The summed E-state index contributed by atoms with van der Waals surface area (Å²) in [4.78, 5) is 0. The third kappa shape index (κ3) is 8.85. The smallest absolute Gasteiger partial charge is 0 e. The van der Waals surface area contributed by atoms with Gasteiger partial charge in [-0.05, 0) is 0 Å². The summed E-state index contributed by atoms with van der Waals surface area (Å²) in [6, 6.07) is 0. The van der Waals surface area contributed by atoms with E-state index < -0.39 is 0 Å². The predicted octanol–water partition coefficient (Wildman–Crippen LogP) is -0.764. The molecule has 0 aromatic heterocycles. The number of rotatable bonds is 0. The van der Waals surface area contributed by atoms with Gasteiger partial charge in [-0.15, -0.1) is 0 Å². The van der Waals surface area contributed by atoms with E-state index in [0.717, 1.165) is 0 Å². The Hall–Kier alpha value is 2.83. The first-order chi connectivity index (χ1) is 0. The summed E-state index contributed by atoms with van der Waals surface area (Å²) >= 11 is 0. The van der Waals surface area contributed by atoms with Crippen molar-refractivity contribution in [2.24, 2.45) is 0 Å². The maximum atomic E-state index is 0. The largest absolute Gasteiger partial charge is 0 e. The summed E-state index contributed by atoms with van der Waals surface area (Å²) in [7, 11) is 0. The van der Waals surface area contributed by atoms with Crippen LogP contribution in [0.15, 0.2) is 0 Å². The molecule has 0 N–H and O–H groups in total. The van der Waals surface area contributed by atoms with Gasteiger partial charge in [-0.3, -0.25) is 0 Å². The number of hydrogen-bond acceptors (Lipinski definition) is 0. The molecule has 0 aromatic rings. The van der Waals surface area contributed by atoms with Gasteiger partial charge in [0.05, 0.1) is 0 Å². The Morgan fingerprint density at radius 2 is 0.750 bits per heavy atom. The second-order valence-electron chi connectivity index (χ2n) is 0. The van der Waals surface area contributed by atoms with E-state index >= 15 is 0 Å². The van der Waals surface area contributed by atoms with Crippen molar-refractivity contribution in [3.05, 3.63) is 0 Å². The van der Waals surface area contributed by atoms with Crippen LogP contribution >= 0.6 is 0 Å². The molecule has 0 saturated heterocycles. The maximum absolute atomic E-state index is 0. The van der Waals surface area contributed by atoms with E-state index in [1.54, 1.807) is 0 Å². The fraction of sp³-hybridized carbons (Fsp3) is 0. The van der Waals surface area contributed by atoms with Gasteiger partial charge in [0, 0.05) is 89.4 Å². The second kappa shape index (κ2) is 17.0. The summed E-state index contributed by atoms with van der Waals surface area (Å²) in [5.41, 5.74) is 0. The van der Waals surface area contributed by atoms with E-state index in [4.69, 9.17) is 0 Å². The summed E-state index contributed by atoms with van der Waals surface area (Å²) in [5, 5.41) is 0. The van der Waals surface area contributed by atoms with E-state index in [9.17, 15) is 0 Å². The van der Waals surface area contributed by atoms with Gasteiger partial charge in [0.15, 0.2) is 0 Å². The minimum absolute atomic E-state index is 0. The van der Waals surface area contributed by atoms with E-state index in [1.165, 1.54) is 0 Å². The molecule has 0 fully saturated rings. The molecule has 0 aliphatic heterocycles. The third-order valence-corrected chi connectivity index (χ3v) is 0. The van der Waals surface area contributed by atoms with Crippen molar-refractivity contribution in [3.8, 4) is 0 Å². The summed E-state index contributed by atoms with van der Waals surface area (Å²) in [5.74, 6) is 0. The monoisotopic (exact) mass is 387 g/mol. The van der Waals surface area contributed by atoms with Crippen LogP contribution in [-0.4, -0.2) is 34.1 Å². The Balaban J connectivity index is 0. The van der Waals surface area contributed by atoms with E-state index in [2.05, 4.69) is 0 Å². The first kappa shape index (κ1) is 29.0. The minimum Gasteiger partial charge on any atom is 0 e. The topological polar surface area (TPSA) is 0 Å². The van der Waals surface area contributed by atoms with Crippen molar-refractivity contribution in [1.29, 1.82) is 0 Å². The molecule has 0 heterocycles. The van der Waals surface area contributed by atoms with Crippen molar-refractivity contribution in [3.63, 3.8) is 0 Å². The first-order valence-corrected chi connectivity index (χ1v) is 0. The molecule has 0 nitrogen and oxygen atoms in total. The van der Waals surface area contributed by atoms with Crippen molar-refractivity contribution in [2.75, 3.05) is 0 Å². The molecule has 0 saturated carbocycles. The van der Waals surface area contributed by atoms with Crippen LogP contribution in [0.4, 0.5) is 0 Å². The Morgan fingerprint density at radius 3 is 0.750 bits per heavy atom. The molecule has 0 unspecified atom stereocenters. The van der Waals surface area contributed by atoms with Crippen molar-refractivity contribution in [2.45, 2.75) is 0 Å². The molecule has 0 aliphatic rings. The fourth-order valence-electron chi connectivity index (χ4n) is 0. The van der Waals surface area contributed by atoms with Gasteiger partial charge >= 0.3 is 0 Å². The Labute approximate surface area is 87.7 Å². The molecular formula is CuDySe2. The van der Waals surface area contributed by atoms with Crippen LogP contribution in [0.5, 0.6) is 0 Å². The molecule has 0 amide bonds. The van der Waals surface area contributed by atoms with Crippen LogP contribution < -0.4 is 0 Å². The van der Waals surface area contributed by atoms with Crippen molar-refractivity contribution < 1.29 is 55.2 Å². The summed E-state index contributed by atoms with van der Waals surface area (Å²) in [6.45, 7) is 0. The molecular weight excluding hydrogens is 384 g/mol. The van der Waals surface area contributed by atoms with Gasteiger partial charge in [0.25, 0.3) is 0 Å². The standard InChI is InChI=1S/Cu.Dy.2Se. The predicted molar refractivity (Wildman–Crippen MR) is 11.5 cm³/mol. The molecule has 4 heteroatoms. The fourth-order valence-corrected chi connectivity index (χ4v) is 0. The summed E-state index contributed by atoms with van der Waals surface area (Å²) in [6.07, 6.45) is 0. The zero-order valence-electron chi connectivity index (χ0n) is 1.43. The van der Waals surface area contributed by atoms with Crippen LogP contribution in [0.2, 0.25) is 0 Å². The maximum Gasteiger partial charge on any atom is 0 e. The molecule has 33 valence electrons. The normalized spacial score (nSPS) is 0. The van der Waals surface area contributed by atoms with Gasteiger partial charge in [0.2, 0.25) is 0 Å². The van der Waals surface area contributed by atoms with Crippen molar-refractivity contribution in [1.82, 2.24) is 0 Å². The van der Waals surface area contributed by atoms with Gasteiger partial charge in [-0.1, -0.05) is 0 Å². The van der Waals surface area contributed by atoms with Gasteiger partial charge in [-0.2, -0.15) is 0 Å². The minimum atomic E-state index is 0. The van der Waals surface area contributed by atoms with Crippen LogP contribution in [-0.2, 0) is 17.1 Å². The Morgan fingerprint density at radius 1 is 0.750 bits per heavy atom. The average Bonchev–Trinajstić information content (AvgIpc) is 0. The van der Waals surface area contributed by atoms with E-state index in [0.29, 0.717) is 0 Å². The quantitative estimate of drug-likeness (QED) is 0.482. The molecule has 0 spiro atoms. The second-order valence-corrected chi connectivity index (χ2v) is 0. The zero-order valence-corrected chi connectivity index (χ0v) is 7.83. The SMILES string of the molecule is [Cu].[Dy].[Se].[Se]. The Kier molecular flexibility index (Phi) is 123. The molecule has 0 bridgehead atoms. The number of hydrogen-bond donors (Lipinski definition) is 0. The zero-order chi connectivity index (χ0) is 0. The summed E-state index contributed by atoms with van der Waals surface area (Å²) < 4.78 is 0. The molecule has 5 radical (unpaired) electrons. The van der Waals surface area contributed by atoms with Crippen LogP contribution in [0.3, 0.4) is 0 Å². The first-order valence-electron chi connectivity index (χ1n) is 0. The third-order valence-electron chi connectivity index (χ3n) is 0. The van der Waals surface area contributed by atoms with E-state index in [-0.39, 0.29) is 89.4 Å². The van der Waals surface area contributed by atoms with Crippen LogP contribution in [0.1, 0.15) is 0 Å². The molecule has 0 rings (SSSR count). The molecule has 4 heavy (non-hydrogen) atoms. The van der Waals surface area contributed by atoms with Gasteiger partial charge in [0.1, 0.15) is 0 Å².